The molecule has 2 aliphatic carbocycles. The van der Waals surface area contributed by atoms with Crippen LogP contribution in [0.5, 0.6) is 0 Å². The van der Waals surface area contributed by atoms with Crippen molar-refractivity contribution >= 4 is 96.2 Å². The SMILES string of the molecule is Cc1cc2c3c(c1)N(c1cccc4c1oc1ccccc14)c1cc(N(c4ccccc4)c4ccccc4)ccc1B3c1cc3c(cc1N2c1cc2c(cc1C)C(C)(C)CC2(C)C)C(C)(C)CCC3(C)C. The molecule has 0 bridgehead atoms. The standard InChI is InChI=1S/C65H62BN3O/c1-40-32-57-60-58(33-40)69(54-37-50-47(34-41(54)2)64(7,8)39-65(50,9)10)56-38-49-48(62(3,4)30-31-63(49,5)6)36-52(56)66(60)51-29-28-44(67(42-20-13-11-14-21-42)43-22-15-12-16-23-43)35-55(51)68(57)53-26-19-25-46-45-24-17-18-27-59(45)70-61(46)53/h11-29,32-38H,30-31,39H2,1-10H3. The van der Waals surface area contributed by atoms with E-state index >= 15 is 0 Å². The summed E-state index contributed by atoms with van der Waals surface area (Å²) in [5, 5.41) is 2.25. The van der Waals surface area contributed by atoms with Gasteiger partial charge in [-0.2, -0.15) is 0 Å². The number of benzene rings is 8. The van der Waals surface area contributed by atoms with Crippen LogP contribution in [0.15, 0.2) is 162 Å². The third kappa shape index (κ3) is 6.22. The molecule has 8 aromatic carbocycles. The lowest BCUT2D eigenvalue weighted by Crippen LogP contribution is -2.62. The molecule has 4 aliphatic rings. The normalized spacial score (nSPS) is 17.5. The van der Waals surface area contributed by atoms with Gasteiger partial charge in [0.1, 0.15) is 5.58 Å². The molecule has 5 heteroatoms. The molecule has 2 aliphatic heterocycles. The number of para-hydroxylation sites is 4. The Morgan fingerprint density at radius 2 is 0.986 bits per heavy atom. The fourth-order valence-corrected chi connectivity index (χ4v) is 13.7. The summed E-state index contributed by atoms with van der Waals surface area (Å²) in [6.45, 7) is 24.3. The van der Waals surface area contributed by atoms with Crippen molar-refractivity contribution in [3.8, 4) is 0 Å². The van der Waals surface area contributed by atoms with Crippen LogP contribution in [0.25, 0.3) is 21.9 Å². The largest absolute Gasteiger partial charge is 0.454 e. The maximum atomic E-state index is 6.99. The molecule has 0 N–H and O–H groups in total. The predicted octanol–water partition coefficient (Wildman–Crippen LogP) is 16.1. The quantitative estimate of drug-likeness (QED) is 0.161. The van der Waals surface area contributed by atoms with Crippen molar-refractivity contribution < 1.29 is 4.42 Å². The summed E-state index contributed by atoms with van der Waals surface area (Å²) in [5.41, 5.74) is 25.0. The van der Waals surface area contributed by atoms with Crippen LogP contribution in [-0.4, -0.2) is 6.71 Å². The fourth-order valence-electron chi connectivity index (χ4n) is 13.7. The zero-order chi connectivity index (χ0) is 48.2. The molecule has 9 aromatic rings. The second kappa shape index (κ2) is 14.8. The van der Waals surface area contributed by atoms with Gasteiger partial charge in [0.15, 0.2) is 5.58 Å². The molecule has 0 saturated carbocycles. The van der Waals surface area contributed by atoms with Crippen LogP contribution in [0.4, 0.5) is 51.2 Å². The van der Waals surface area contributed by atoms with Gasteiger partial charge in [0, 0.05) is 56.3 Å². The van der Waals surface area contributed by atoms with Crippen LogP contribution in [0.3, 0.4) is 0 Å². The van der Waals surface area contributed by atoms with Gasteiger partial charge < -0.3 is 19.1 Å². The zero-order valence-electron chi connectivity index (χ0n) is 42.5. The lowest BCUT2D eigenvalue weighted by molar-refractivity contribution is 0.332. The maximum absolute atomic E-state index is 6.99. The highest BCUT2D eigenvalue weighted by atomic mass is 16.3. The molecule has 3 heterocycles. The van der Waals surface area contributed by atoms with Crippen molar-refractivity contribution in [1.82, 2.24) is 0 Å². The Hall–Kier alpha value is -6.98. The van der Waals surface area contributed by atoms with E-state index in [4.69, 9.17) is 4.42 Å². The van der Waals surface area contributed by atoms with E-state index in [0.717, 1.165) is 69.6 Å². The highest BCUT2D eigenvalue weighted by Gasteiger charge is 2.48. The second-order valence-corrected chi connectivity index (χ2v) is 23.7. The van der Waals surface area contributed by atoms with E-state index in [1.54, 1.807) is 0 Å². The Kier molecular flexibility index (Phi) is 9.09. The summed E-state index contributed by atoms with van der Waals surface area (Å²) in [5.74, 6) is 0. The van der Waals surface area contributed by atoms with Gasteiger partial charge in [0.25, 0.3) is 6.71 Å². The molecular formula is C65H62BN3O. The minimum absolute atomic E-state index is 0.0242. The van der Waals surface area contributed by atoms with Gasteiger partial charge in [-0.3, -0.25) is 0 Å². The molecule has 346 valence electrons. The van der Waals surface area contributed by atoms with E-state index < -0.39 is 0 Å². The highest BCUT2D eigenvalue weighted by molar-refractivity contribution is 7.00. The lowest BCUT2D eigenvalue weighted by Gasteiger charge is -2.48. The van der Waals surface area contributed by atoms with Crippen molar-refractivity contribution in [3.05, 3.63) is 191 Å². The maximum Gasteiger partial charge on any atom is 0.252 e. The Morgan fingerprint density at radius 1 is 0.443 bits per heavy atom. The van der Waals surface area contributed by atoms with E-state index in [2.05, 4.69) is 242 Å². The van der Waals surface area contributed by atoms with Crippen LogP contribution in [0.1, 0.15) is 108 Å². The van der Waals surface area contributed by atoms with Crippen LogP contribution in [-0.2, 0) is 21.7 Å². The Labute approximate surface area is 414 Å². The van der Waals surface area contributed by atoms with Crippen molar-refractivity contribution in [1.29, 1.82) is 0 Å². The zero-order valence-corrected chi connectivity index (χ0v) is 42.5. The number of fused-ring (bicyclic) bond motifs is 9. The van der Waals surface area contributed by atoms with E-state index in [0.29, 0.717) is 0 Å². The third-order valence-electron chi connectivity index (χ3n) is 17.0. The molecule has 13 rings (SSSR count). The molecule has 0 saturated heterocycles. The van der Waals surface area contributed by atoms with Crippen molar-refractivity contribution in [2.24, 2.45) is 0 Å². The lowest BCUT2D eigenvalue weighted by atomic mass is 9.33. The van der Waals surface area contributed by atoms with E-state index in [9.17, 15) is 0 Å². The van der Waals surface area contributed by atoms with Crippen LogP contribution >= 0.6 is 0 Å². The van der Waals surface area contributed by atoms with E-state index in [-0.39, 0.29) is 28.4 Å². The summed E-state index contributed by atoms with van der Waals surface area (Å²) in [6, 6.07) is 59.4. The number of furan rings is 1. The van der Waals surface area contributed by atoms with Gasteiger partial charge in [-0.15, -0.1) is 0 Å². The molecule has 0 amide bonds. The van der Waals surface area contributed by atoms with Crippen LogP contribution in [0.2, 0.25) is 0 Å². The van der Waals surface area contributed by atoms with Gasteiger partial charge in [-0.25, -0.2) is 0 Å². The Balaban J connectivity index is 1.15. The fraction of sp³-hybridized carbons (Fsp3) is 0.262. The molecule has 0 atom stereocenters. The molecule has 0 fully saturated rings. The minimum Gasteiger partial charge on any atom is -0.454 e. The van der Waals surface area contributed by atoms with Crippen LogP contribution in [0, 0.1) is 13.8 Å². The van der Waals surface area contributed by atoms with Crippen molar-refractivity contribution in [2.45, 2.75) is 110 Å². The van der Waals surface area contributed by atoms with Gasteiger partial charge in [-0.1, -0.05) is 140 Å². The van der Waals surface area contributed by atoms with Crippen molar-refractivity contribution in [2.75, 3.05) is 14.7 Å². The smallest absolute Gasteiger partial charge is 0.252 e. The van der Waals surface area contributed by atoms with Crippen molar-refractivity contribution in [3.63, 3.8) is 0 Å². The number of hydrogen-bond acceptors (Lipinski definition) is 4. The average Bonchev–Trinajstić information content (AvgIpc) is 3.80. The Bertz CT molecular complexity index is 3600. The third-order valence-corrected chi connectivity index (χ3v) is 17.0. The molecule has 4 nitrogen and oxygen atoms in total. The minimum atomic E-state index is -0.0369. The molecule has 0 spiro atoms. The van der Waals surface area contributed by atoms with E-state index in [1.807, 2.05) is 0 Å². The molecule has 1 aromatic heterocycles. The van der Waals surface area contributed by atoms with Gasteiger partial charge in [-0.05, 0) is 177 Å². The number of rotatable bonds is 5. The van der Waals surface area contributed by atoms with Gasteiger partial charge in [0.05, 0.1) is 5.69 Å². The topological polar surface area (TPSA) is 22.9 Å². The summed E-state index contributed by atoms with van der Waals surface area (Å²) in [4.78, 5) is 7.64. The van der Waals surface area contributed by atoms with Gasteiger partial charge >= 0.3 is 0 Å². The molecule has 70 heavy (non-hydrogen) atoms. The monoisotopic (exact) mass is 911 g/mol. The summed E-state index contributed by atoms with van der Waals surface area (Å²) >= 11 is 0. The predicted molar refractivity (Wildman–Crippen MR) is 298 cm³/mol. The number of nitrogens with zero attached hydrogens (tertiary/aromatic N) is 3. The van der Waals surface area contributed by atoms with E-state index in [1.165, 1.54) is 72.5 Å². The number of anilines is 9. The van der Waals surface area contributed by atoms with Crippen LogP contribution < -0.4 is 31.1 Å². The molecule has 0 radical (unpaired) electrons. The van der Waals surface area contributed by atoms with Gasteiger partial charge in [0.2, 0.25) is 0 Å². The summed E-state index contributed by atoms with van der Waals surface area (Å²) < 4.78 is 6.99. The molecule has 0 unspecified atom stereocenters. The first-order valence-electron chi connectivity index (χ1n) is 25.5. The highest BCUT2D eigenvalue weighted by Crippen LogP contribution is 2.55. The first kappa shape index (κ1) is 43.1. The first-order chi connectivity index (χ1) is 33.5. The average molecular weight is 912 g/mol. The summed E-state index contributed by atoms with van der Waals surface area (Å²) in [6.07, 6.45) is 3.43. The number of hydrogen-bond donors (Lipinski definition) is 0. The Morgan fingerprint density at radius 3 is 1.66 bits per heavy atom. The first-order valence-corrected chi connectivity index (χ1v) is 25.5. The number of aryl methyl sites for hydroxylation is 2. The molecular weight excluding hydrogens is 850 g/mol. The summed E-state index contributed by atoms with van der Waals surface area (Å²) in [7, 11) is 0. The second-order valence-electron chi connectivity index (χ2n) is 23.7.